The lowest BCUT2D eigenvalue weighted by atomic mass is 9.90. The summed E-state index contributed by atoms with van der Waals surface area (Å²) in [7, 11) is 1.41. The molecular formula is C14H20N2O4. The number of carbonyl (C=O) groups excluding carboxylic acids is 1. The summed E-state index contributed by atoms with van der Waals surface area (Å²) in [6, 6.07) is 0. The molecule has 1 aromatic rings. The minimum absolute atomic E-state index is 0.189. The van der Waals surface area contributed by atoms with Gasteiger partial charge in [-0.25, -0.2) is 0 Å². The molecule has 2 heterocycles. The van der Waals surface area contributed by atoms with Crippen molar-refractivity contribution in [1.82, 2.24) is 10.1 Å². The van der Waals surface area contributed by atoms with Crippen LogP contribution >= 0.6 is 0 Å². The molecule has 2 unspecified atom stereocenters. The number of nitrogens with zero attached hydrogens (tertiary/aromatic N) is 2. The van der Waals surface area contributed by atoms with Gasteiger partial charge in [-0.1, -0.05) is 18.0 Å². The molecule has 6 nitrogen and oxygen atoms in total. The van der Waals surface area contributed by atoms with Crippen molar-refractivity contribution < 1.29 is 18.8 Å². The van der Waals surface area contributed by atoms with Gasteiger partial charge in [0.1, 0.15) is 5.92 Å². The Hall–Kier alpha value is -1.43. The summed E-state index contributed by atoms with van der Waals surface area (Å²) in [4.78, 5) is 16.5. The number of hydrogen-bond donors (Lipinski definition) is 0. The van der Waals surface area contributed by atoms with Crippen LogP contribution in [0.3, 0.4) is 0 Å². The van der Waals surface area contributed by atoms with Crippen LogP contribution in [0.4, 0.5) is 0 Å². The van der Waals surface area contributed by atoms with E-state index in [1.807, 2.05) is 0 Å². The number of methoxy groups -OCH3 is 1. The first-order valence-electron chi connectivity index (χ1n) is 7.28. The number of hydrogen-bond acceptors (Lipinski definition) is 6. The smallest absolute Gasteiger partial charge is 0.318 e. The fraction of sp³-hybridized carbons (Fsp3) is 0.786. The van der Waals surface area contributed by atoms with E-state index in [0.717, 1.165) is 38.7 Å². The average molecular weight is 280 g/mol. The molecule has 1 saturated carbocycles. The fourth-order valence-corrected chi connectivity index (χ4v) is 3.19. The zero-order valence-electron chi connectivity index (χ0n) is 11.7. The summed E-state index contributed by atoms with van der Waals surface area (Å²) in [6.45, 7) is 1.36. The van der Waals surface area contributed by atoms with Gasteiger partial charge in [0.25, 0.3) is 0 Å². The molecule has 0 bridgehead atoms. The Bertz CT molecular complexity index is 461. The first-order chi connectivity index (χ1) is 9.79. The second-order valence-electron chi connectivity index (χ2n) is 5.60. The highest BCUT2D eigenvalue weighted by Gasteiger charge is 2.38. The van der Waals surface area contributed by atoms with Crippen molar-refractivity contribution in [2.75, 3.05) is 20.3 Å². The van der Waals surface area contributed by atoms with E-state index in [1.54, 1.807) is 0 Å². The van der Waals surface area contributed by atoms with E-state index >= 15 is 0 Å². The second kappa shape index (κ2) is 5.91. The number of carbonyl (C=O) groups is 1. The first-order valence-corrected chi connectivity index (χ1v) is 7.28. The molecule has 110 valence electrons. The molecule has 1 aliphatic carbocycles. The van der Waals surface area contributed by atoms with Crippen LogP contribution in [0.2, 0.25) is 0 Å². The SMILES string of the molecule is COC(=O)C(c1nc(C2CCOC2)no1)C1CCCC1. The Morgan fingerprint density at radius 3 is 2.80 bits per heavy atom. The van der Waals surface area contributed by atoms with E-state index in [-0.39, 0.29) is 17.8 Å². The van der Waals surface area contributed by atoms with Crippen LogP contribution in [0.25, 0.3) is 0 Å². The third-order valence-electron chi connectivity index (χ3n) is 4.34. The van der Waals surface area contributed by atoms with Gasteiger partial charge >= 0.3 is 5.97 Å². The monoisotopic (exact) mass is 280 g/mol. The van der Waals surface area contributed by atoms with E-state index in [4.69, 9.17) is 14.0 Å². The molecule has 1 saturated heterocycles. The zero-order valence-corrected chi connectivity index (χ0v) is 11.7. The Morgan fingerprint density at radius 1 is 1.35 bits per heavy atom. The number of rotatable bonds is 4. The van der Waals surface area contributed by atoms with Crippen LogP contribution in [0.5, 0.6) is 0 Å². The van der Waals surface area contributed by atoms with E-state index in [2.05, 4.69) is 10.1 Å². The van der Waals surface area contributed by atoms with E-state index < -0.39 is 5.92 Å². The third kappa shape index (κ3) is 2.57. The summed E-state index contributed by atoms with van der Waals surface area (Å²) in [6.07, 6.45) is 5.24. The highest BCUT2D eigenvalue weighted by atomic mass is 16.5. The van der Waals surface area contributed by atoms with Gasteiger partial charge in [-0.2, -0.15) is 4.98 Å². The Balaban J connectivity index is 1.81. The molecule has 20 heavy (non-hydrogen) atoms. The molecule has 1 aromatic heterocycles. The molecule has 2 fully saturated rings. The molecule has 0 aromatic carbocycles. The van der Waals surface area contributed by atoms with E-state index in [1.165, 1.54) is 7.11 Å². The summed E-state index contributed by atoms with van der Waals surface area (Å²) < 4.78 is 15.6. The first kappa shape index (κ1) is 13.5. The lowest BCUT2D eigenvalue weighted by Gasteiger charge is -2.16. The number of aromatic nitrogens is 2. The second-order valence-corrected chi connectivity index (χ2v) is 5.60. The highest BCUT2D eigenvalue weighted by molar-refractivity contribution is 5.77. The van der Waals surface area contributed by atoms with Crippen molar-refractivity contribution >= 4 is 5.97 Å². The average Bonchev–Trinajstić information content (AvgIpc) is 3.20. The Labute approximate surface area is 117 Å². The maximum absolute atomic E-state index is 12.1. The normalized spacial score (nSPS) is 24.9. The van der Waals surface area contributed by atoms with Gasteiger partial charge in [0, 0.05) is 12.5 Å². The van der Waals surface area contributed by atoms with Crippen molar-refractivity contribution in [3.63, 3.8) is 0 Å². The van der Waals surface area contributed by atoms with Crippen molar-refractivity contribution in [2.45, 2.75) is 43.9 Å². The van der Waals surface area contributed by atoms with Crippen LogP contribution in [0.15, 0.2) is 4.52 Å². The number of esters is 1. The van der Waals surface area contributed by atoms with Crippen LogP contribution in [0.1, 0.15) is 55.7 Å². The molecular weight excluding hydrogens is 260 g/mol. The molecule has 0 radical (unpaired) electrons. The van der Waals surface area contributed by atoms with Crippen LogP contribution < -0.4 is 0 Å². The van der Waals surface area contributed by atoms with Crippen molar-refractivity contribution in [2.24, 2.45) is 5.92 Å². The molecule has 2 atom stereocenters. The van der Waals surface area contributed by atoms with Crippen molar-refractivity contribution in [1.29, 1.82) is 0 Å². The topological polar surface area (TPSA) is 74.5 Å². The van der Waals surface area contributed by atoms with Gasteiger partial charge in [-0.05, 0) is 25.2 Å². The van der Waals surface area contributed by atoms with Gasteiger partial charge in [-0.15, -0.1) is 0 Å². The molecule has 1 aliphatic heterocycles. The zero-order chi connectivity index (χ0) is 13.9. The maximum atomic E-state index is 12.1. The highest BCUT2D eigenvalue weighted by Crippen LogP contribution is 2.38. The van der Waals surface area contributed by atoms with E-state index in [0.29, 0.717) is 18.3 Å². The van der Waals surface area contributed by atoms with Gasteiger partial charge in [0.2, 0.25) is 5.89 Å². The predicted molar refractivity (Wildman–Crippen MR) is 69.2 cm³/mol. The molecule has 0 spiro atoms. The standard InChI is InChI=1S/C14H20N2O4/c1-18-14(17)11(9-4-2-3-5-9)13-15-12(16-20-13)10-6-7-19-8-10/h9-11H,2-8H2,1H3. The van der Waals surface area contributed by atoms with Crippen LogP contribution in [-0.4, -0.2) is 36.4 Å². The minimum atomic E-state index is -0.411. The van der Waals surface area contributed by atoms with Gasteiger partial charge in [0.15, 0.2) is 5.82 Å². The lowest BCUT2D eigenvalue weighted by molar-refractivity contribution is -0.144. The summed E-state index contributed by atoms with van der Waals surface area (Å²) in [5, 5.41) is 4.03. The molecule has 0 amide bonds. The lowest BCUT2D eigenvalue weighted by Crippen LogP contribution is -2.22. The summed E-state index contributed by atoms with van der Waals surface area (Å²) >= 11 is 0. The predicted octanol–water partition coefficient (Wildman–Crippen LogP) is 2.02. The van der Waals surface area contributed by atoms with Gasteiger partial charge in [0.05, 0.1) is 13.7 Å². The van der Waals surface area contributed by atoms with Gasteiger partial charge < -0.3 is 14.0 Å². The molecule has 3 rings (SSSR count). The Kier molecular flexibility index (Phi) is 4.00. The maximum Gasteiger partial charge on any atom is 0.318 e. The van der Waals surface area contributed by atoms with Crippen LogP contribution in [0, 0.1) is 5.92 Å². The van der Waals surface area contributed by atoms with Gasteiger partial charge in [-0.3, -0.25) is 4.79 Å². The Morgan fingerprint density at radius 2 is 2.15 bits per heavy atom. The van der Waals surface area contributed by atoms with Crippen molar-refractivity contribution in [3.05, 3.63) is 11.7 Å². The minimum Gasteiger partial charge on any atom is -0.468 e. The largest absolute Gasteiger partial charge is 0.468 e. The molecule has 0 N–H and O–H groups in total. The van der Waals surface area contributed by atoms with Crippen LogP contribution in [-0.2, 0) is 14.3 Å². The third-order valence-corrected chi connectivity index (χ3v) is 4.34. The van der Waals surface area contributed by atoms with E-state index in [9.17, 15) is 4.79 Å². The summed E-state index contributed by atoms with van der Waals surface area (Å²) in [5.41, 5.74) is 0. The quantitative estimate of drug-likeness (QED) is 0.785. The number of ether oxygens (including phenoxy) is 2. The fourth-order valence-electron chi connectivity index (χ4n) is 3.19. The molecule has 2 aliphatic rings. The summed E-state index contributed by atoms with van der Waals surface area (Å²) in [5.74, 6) is 0.834. The van der Waals surface area contributed by atoms with Crippen molar-refractivity contribution in [3.8, 4) is 0 Å². The molecule has 6 heteroatoms.